The summed E-state index contributed by atoms with van der Waals surface area (Å²) in [5, 5.41) is 5.55. The molecule has 0 atom stereocenters. The Morgan fingerprint density at radius 1 is 1.00 bits per heavy atom. The van der Waals surface area contributed by atoms with Crippen molar-refractivity contribution in [3.63, 3.8) is 0 Å². The van der Waals surface area contributed by atoms with Gasteiger partial charge in [-0.3, -0.25) is 9.59 Å². The Kier molecular flexibility index (Phi) is 5.21. The van der Waals surface area contributed by atoms with E-state index in [0.29, 0.717) is 22.9 Å². The molecular weight excluding hydrogens is 347 g/mol. The van der Waals surface area contributed by atoms with E-state index in [1.165, 1.54) is 19.1 Å². The van der Waals surface area contributed by atoms with Gasteiger partial charge in [-0.2, -0.15) is 0 Å². The van der Waals surface area contributed by atoms with Gasteiger partial charge in [0.25, 0.3) is 5.91 Å². The number of anilines is 3. The summed E-state index contributed by atoms with van der Waals surface area (Å²) in [5.74, 6) is -0.326. The summed E-state index contributed by atoms with van der Waals surface area (Å²) in [7, 11) is 0. The molecule has 3 rings (SSSR count). The fourth-order valence-electron chi connectivity index (χ4n) is 2.46. The van der Waals surface area contributed by atoms with Crippen molar-refractivity contribution in [2.24, 2.45) is 0 Å². The van der Waals surface area contributed by atoms with Crippen LogP contribution in [-0.2, 0) is 0 Å². The third-order valence-corrected chi connectivity index (χ3v) is 3.73. The number of ketones is 1. The van der Waals surface area contributed by atoms with Gasteiger partial charge in [0.05, 0.1) is 5.69 Å². The van der Waals surface area contributed by atoms with Crippen LogP contribution in [0.1, 0.15) is 33.6 Å². The first-order chi connectivity index (χ1) is 12.9. The normalized spacial score (nSPS) is 10.3. The minimum absolute atomic E-state index is 0.0969. The quantitative estimate of drug-likeness (QED) is 0.665. The Morgan fingerprint density at radius 3 is 2.52 bits per heavy atom. The number of hydrogen-bond donors (Lipinski definition) is 2. The zero-order chi connectivity index (χ0) is 19.4. The maximum Gasteiger partial charge on any atom is 0.274 e. The zero-order valence-electron chi connectivity index (χ0n) is 14.8. The molecule has 6 nitrogen and oxygen atoms in total. The molecule has 7 heteroatoms. The number of carbonyl (C=O) groups excluding carboxylic acids is 2. The van der Waals surface area contributed by atoms with Crippen molar-refractivity contribution in [2.75, 3.05) is 10.6 Å². The van der Waals surface area contributed by atoms with Crippen molar-refractivity contribution in [2.45, 2.75) is 13.8 Å². The maximum absolute atomic E-state index is 13.8. The molecule has 0 saturated heterocycles. The van der Waals surface area contributed by atoms with E-state index in [1.807, 2.05) is 0 Å². The number of nitrogens with zero attached hydrogens (tertiary/aromatic N) is 2. The highest BCUT2D eigenvalue weighted by atomic mass is 19.1. The lowest BCUT2D eigenvalue weighted by atomic mass is 10.1. The van der Waals surface area contributed by atoms with Crippen LogP contribution >= 0.6 is 0 Å². The fraction of sp³-hybridized carbons (Fsp3) is 0.100. The highest BCUT2D eigenvalue weighted by molar-refractivity contribution is 6.04. The van der Waals surface area contributed by atoms with Gasteiger partial charge in [0.2, 0.25) is 0 Å². The average Bonchev–Trinajstić information content (AvgIpc) is 2.63. The molecule has 1 aromatic heterocycles. The lowest BCUT2D eigenvalue weighted by Crippen LogP contribution is -2.15. The highest BCUT2D eigenvalue weighted by Gasteiger charge is 2.13. The predicted molar refractivity (Wildman–Crippen MR) is 101 cm³/mol. The van der Waals surface area contributed by atoms with Crippen LogP contribution in [0.2, 0.25) is 0 Å². The number of benzene rings is 2. The first-order valence-electron chi connectivity index (χ1n) is 8.22. The molecular formula is C20H17FN4O2. The molecule has 0 aliphatic rings. The Balaban J connectivity index is 1.83. The van der Waals surface area contributed by atoms with Crippen molar-refractivity contribution in [3.05, 3.63) is 77.5 Å². The number of rotatable bonds is 5. The largest absolute Gasteiger partial charge is 0.338 e. The third-order valence-electron chi connectivity index (χ3n) is 3.73. The molecule has 2 aromatic carbocycles. The second-order valence-corrected chi connectivity index (χ2v) is 5.88. The molecule has 136 valence electrons. The van der Waals surface area contributed by atoms with Crippen molar-refractivity contribution in [1.82, 2.24) is 9.97 Å². The highest BCUT2D eigenvalue weighted by Crippen LogP contribution is 2.19. The van der Waals surface area contributed by atoms with E-state index in [0.717, 1.165) is 0 Å². The van der Waals surface area contributed by atoms with Crippen LogP contribution in [-0.4, -0.2) is 21.7 Å². The molecule has 0 radical (unpaired) electrons. The number of hydrogen-bond acceptors (Lipinski definition) is 5. The summed E-state index contributed by atoms with van der Waals surface area (Å²) in [5.41, 5.74) is 1.34. The van der Waals surface area contributed by atoms with E-state index in [9.17, 15) is 14.0 Å². The third kappa shape index (κ3) is 4.52. The fourth-order valence-corrected chi connectivity index (χ4v) is 2.46. The van der Waals surface area contributed by atoms with Gasteiger partial charge in [-0.15, -0.1) is 0 Å². The number of Topliss-reactive ketones (excluding diaryl/α,β-unsaturated/α-hetero) is 1. The number of amides is 1. The smallest absolute Gasteiger partial charge is 0.274 e. The van der Waals surface area contributed by atoms with E-state index in [2.05, 4.69) is 20.6 Å². The van der Waals surface area contributed by atoms with Gasteiger partial charge >= 0.3 is 0 Å². The number of aromatic nitrogens is 2. The van der Waals surface area contributed by atoms with Gasteiger partial charge in [-0.1, -0.05) is 24.3 Å². The van der Waals surface area contributed by atoms with Gasteiger partial charge in [0, 0.05) is 17.3 Å². The average molecular weight is 364 g/mol. The van der Waals surface area contributed by atoms with E-state index in [-0.39, 0.29) is 17.2 Å². The first-order valence-corrected chi connectivity index (χ1v) is 8.22. The van der Waals surface area contributed by atoms with Gasteiger partial charge < -0.3 is 10.6 Å². The maximum atomic E-state index is 13.8. The number of halogens is 1. The van der Waals surface area contributed by atoms with Crippen LogP contribution in [0.15, 0.2) is 54.6 Å². The molecule has 0 bridgehead atoms. The molecule has 3 aromatic rings. The molecule has 0 fully saturated rings. The van der Waals surface area contributed by atoms with Crippen molar-refractivity contribution in [1.29, 1.82) is 0 Å². The van der Waals surface area contributed by atoms with Crippen molar-refractivity contribution >= 4 is 28.9 Å². The summed E-state index contributed by atoms with van der Waals surface area (Å²) >= 11 is 0. The van der Waals surface area contributed by atoms with Crippen molar-refractivity contribution in [3.8, 4) is 0 Å². The zero-order valence-corrected chi connectivity index (χ0v) is 14.8. The molecule has 0 saturated carbocycles. The minimum Gasteiger partial charge on any atom is -0.338 e. The Hall–Kier alpha value is -3.61. The SMILES string of the molecule is CC(=O)c1cccc(NC(=O)c2cc(Nc3ccccc3F)nc(C)n2)c1. The number of aryl methyl sites for hydroxylation is 1. The van der Waals surface area contributed by atoms with Crippen molar-refractivity contribution < 1.29 is 14.0 Å². The van der Waals surface area contributed by atoms with Gasteiger partial charge in [0.15, 0.2) is 5.78 Å². The number of carbonyl (C=O) groups is 2. The lowest BCUT2D eigenvalue weighted by molar-refractivity contribution is 0.100. The Morgan fingerprint density at radius 2 is 1.78 bits per heavy atom. The molecule has 27 heavy (non-hydrogen) atoms. The van der Waals surface area contributed by atoms with Crippen LogP contribution in [0, 0.1) is 12.7 Å². The molecule has 0 aliphatic heterocycles. The monoisotopic (exact) mass is 364 g/mol. The van der Waals surface area contributed by atoms with Gasteiger partial charge in [-0.05, 0) is 38.1 Å². The van der Waals surface area contributed by atoms with E-state index >= 15 is 0 Å². The van der Waals surface area contributed by atoms with Crippen LogP contribution in [0.5, 0.6) is 0 Å². The molecule has 0 spiro atoms. The standard InChI is InChI=1S/C20H17FN4O2/c1-12(26)14-6-5-7-15(10-14)24-20(27)18-11-19(23-13(2)22-18)25-17-9-4-3-8-16(17)21/h3-11H,1-2H3,(H,24,27)(H,22,23,25). The Bertz CT molecular complexity index is 1020. The van der Waals surface area contributed by atoms with Crippen LogP contribution < -0.4 is 10.6 Å². The molecule has 1 heterocycles. The van der Waals surface area contributed by atoms with Crippen LogP contribution in [0.3, 0.4) is 0 Å². The van der Waals surface area contributed by atoms with Gasteiger partial charge in [0.1, 0.15) is 23.2 Å². The van der Waals surface area contributed by atoms with Crippen LogP contribution in [0.4, 0.5) is 21.6 Å². The van der Waals surface area contributed by atoms with Gasteiger partial charge in [-0.25, -0.2) is 14.4 Å². The summed E-state index contributed by atoms with van der Waals surface area (Å²) < 4.78 is 13.8. The second kappa shape index (κ2) is 7.74. The summed E-state index contributed by atoms with van der Waals surface area (Å²) in [6.45, 7) is 3.09. The first kappa shape index (κ1) is 18.2. The number of nitrogens with one attached hydrogen (secondary N) is 2. The molecule has 0 aliphatic carbocycles. The lowest BCUT2D eigenvalue weighted by Gasteiger charge is -2.10. The van der Waals surface area contributed by atoms with E-state index in [1.54, 1.807) is 49.4 Å². The molecule has 0 unspecified atom stereocenters. The predicted octanol–water partition coefficient (Wildman–Crippen LogP) is 4.12. The topological polar surface area (TPSA) is 84.0 Å². The molecule has 2 N–H and O–H groups in total. The van der Waals surface area contributed by atoms with Crippen LogP contribution in [0.25, 0.3) is 0 Å². The summed E-state index contributed by atoms with van der Waals surface area (Å²) in [4.78, 5) is 32.3. The summed E-state index contributed by atoms with van der Waals surface area (Å²) in [6, 6.07) is 14.2. The van der Waals surface area contributed by atoms with E-state index < -0.39 is 11.7 Å². The second-order valence-electron chi connectivity index (χ2n) is 5.88. The summed E-state index contributed by atoms with van der Waals surface area (Å²) in [6.07, 6.45) is 0. The molecule has 1 amide bonds. The van der Waals surface area contributed by atoms with E-state index in [4.69, 9.17) is 0 Å². The minimum atomic E-state index is -0.460. The number of para-hydroxylation sites is 1. The Labute approximate surface area is 155 Å².